The van der Waals surface area contributed by atoms with Gasteiger partial charge in [-0.1, -0.05) is 0 Å². The molecule has 1 aromatic carbocycles. The van der Waals surface area contributed by atoms with E-state index in [9.17, 15) is 0 Å². The molecule has 0 spiro atoms. The van der Waals surface area contributed by atoms with Crippen molar-refractivity contribution in [2.45, 2.75) is 31.9 Å². The molecule has 112 valence electrons. The molecule has 3 rings (SSSR count). The molecule has 7 nitrogen and oxygen atoms in total. The Balaban J connectivity index is 1.98. The molecule has 1 fully saturated rings. The Hall–Kier alpha value is -2.15. The number of hydrogen-bond donors (Lipinski definition) is 1. The molecule has 2 N–H and O–H groups in total. The van der Waals surface area contributed by atoms with Gasteiger partial charge in [-0.25, -0.2) is 4.68 Å². The summed E-state index contributed by atoms with van der Waals surface area (Å²) in [6.45, 7) is 2.79. The number of hydrogen-bond acceptors (Lipinski definition) is 6. The van der Waals surface area contributed by atoms with Crippen LogP contribution in [0.5, 0.6) is 5.75 Å². The summed E-state index contributed by atoms with van der Waals surface area (Å²) < 4.78 is 12.7. The molecule has 2 heterocycles. The van der Waals surface area contributed by atoms with Gasteiger partial charge in [0, 0.05) is 17.9 Å². The number of rotatable bonds is 3. The quantitative estimate of drug-likeness (QED) is 0.865. The summed E-state index contributed by atoms with van der Waals surface area (Å²) in [6, 6.07) is 5.72. The maximum Gasteiger partial charge on any atom is 0.184 e. The maximum atomic E-state index is 6.07. The van der Waals surface area contributed by atoms with Crippen LogP contribution in [0.25, 0.3) is 11.4 Å². The fourth-order valence-electron chi connectivity index (χ4n) is 2.67. The smallest absolute Gasteiger partial charge is 0.184 e. The van der Waals surface area contributed by atoms with Crippen LogP contribution in [0.15, 0.2) is 18.2 Å². The Labute approximate surface area is 123 Å². The van der Waals surface area contributed by atoms with Crippen LogP contribution in [-0.4, -0.2) is 40.0 Å². The second kappa shape index (κ2) is 5.69. The van der Waals surface area contributed by atoms with E-state index in [1.165, 1.54) is 0 Å². The van der Waals surface area contributed by atoms with E-state index in [1.807, 2.05) is 16.8 Å². The number of methoxy groups -OCH3 is 1. The van der Waals surface area contributed by atoms with E-state index in [4.69, 9.17) is 15.2 Å². The topological polar surface area (TPSA) is 88.1 Å². The minimum absolute atomic E-state index is 0.212. The monoisotopic (exact) mass is 289 g/mol. The molecular formula is C14H19N5O2. The van der Waals surface area contributed by atoms with Gasteiger partial charge in [0.1, 0.15) is 5.75 Å². The standard InChI is InChI=1S/C14H19N5O2/c1-9-7-10(5-6-21-9)19-14(16-17-18-19)12-8-11(20-2)3-4-13(12)15/h3-4,8-10H,5-7,15H2,1-2H3. The number of nitrogens with two attached hydrogens (primary N) is 1. The summed E-state index contributed by atoms with van der Waals surface area (Å²) in [7, 11) is 1.62. The van der Waals surface area contributed by atoms with Crippen LogP contribution in [0.4, 0.5) is 5.69 Å². The van der Waals surface area contributed by atoms with Crippen LogP contribution >= 0.6 is 0 Å². The minimum atomic E-state index is 0.212. The molecule has 1 aromatic heterocycles. The summed E-state index contributed by atoms with van der Waals surface area (Å²) in [5.41, 5.74) is 7.49. The lowest BCUT2D eigenvalue weighted by atomic mass is 10.0. The van der Waals surface area contributed by atoms with Crippen molar-refractivity contribution in [1.82, 2.24) is 20.2 Å². The molecule has 21 heavy (non-hydrogen) atoms. The number of nitrogens with zero attached hydrogens (tertiary/aromatic N) is 4. The lowest BCUT2D eigenvalue weighted by Crippen LogP contribution is -2.26. The summed E-state index contributed by atoms with van der Waals surface area (Å²) in [5, 5.41) is 12.1. The van der Waals surface area contributed by atoms with Gasteiger partial charge in [-0.3, -0.25) is 0 Å². The lowest BCUT2D eigenvalue weighted by molar-refractivity contribution is 0.00350. The highest BCUT2D eigenvalue weighted by atomic mass is 16.5. The Morgan fingerprint density at radius 3 is 3.05 bits per heavy atom. The van der Waals surface area contributed by atoms with Crippen LogP contribution in [0.1, 0.15) is 25.8 Å². The third-order valence-corrected chi connectivity index (χ3v) is 3.80. The zero-order valence-electron chi connectivity index (χ0n) is 12.2. The Kier molecular flexibility index (Phi) is 3.74. The zero-order valence-corrected chi connectivity index (χ0v) is 12.2. The highest BCUT2D eigenvalue weighted by molar-refractivity contribution is 5.73. The van der Waals surface area contributed by atoms with Crippen LogP contribution in [0.3, 0.4) is 0 Å². The molecule has 0 amide bonds. The summed E-state index contributed by atoms with van der Waals surface area (Å²) in [6.07, 6.45) is 2.00. The molecular weight excluding hydrogens is 270 g/mol. The average molecular weight is 289 g/mol. The van der Waals surface area contributed by atoms with Gasteiger partial charge >= 0.3 is 0 Å². The first-order valence-corrected chi connectivity index (χ1v) is 7.02. The van der Waals surface area contributed by atoms with E-state index in [2.05, 4.69) is 22.4 Å². The predicted octanol–water partition coefficient (Wildman–Crippen LogP) is 1.67. The molecule has 7 heteroatoms. The molecule has 0 aliphatic carbocycles. The van der Waals surface area contributed by atoms with E-state index in [-0.39, 0.29) is 12.1 Å². The summed E-state index contributed by atoms with van der Waals surface area (Å²) >= 11 is 0. The summed E-state index contributed by atoms with van der Waals surface area (Å²) in [4.78, 5) is 0. The van der Waals surface area contributed by atoms with Crippen LogP contribution in [0.2, 0.25) is 0 Å². The van der Waals surface area contributed by atoms with Gasteiger partial charge in [-0.05, 0) is 48.4 Å². The zero-order chi connectivity index (χ0) is 14.8. The van der Waals surface area contributed by atoms with Crippen molar-refractivity contribution >= 4 is 5.69 Å². The average Bonchev–Trinajstić information content (AvgIpc) is 2.97. The maximum absolute atomic E-state index is 6.07. The third-order valence-electron chi connectivity index (χ3n) is 3.80. The van der Waals surface area contributed by atoms with Gasteiger partial charge in [0.25, 0.3) is 0 Å². The number of ether oxygens (including phenoxy) is 2. The number of tetrazole rings is 1. The molecule has 2 unspecified atom stereocenters. The van der Waals surface area contributed by atoms with Gasteiger partial charge in [-0.2, -0.15) is 0 Å². The van der Waals surface area contributed by atoms with E-state index < -0.39 is 0 Å². The van der Waals surface area contributed by atoms with Gasteiger partial charge in [-0.15, -0.1) is 5.10 Å². The first-order valence-electron chi connectivity index (χ1n) is 7.02. The molecule has 2 aromatic rings. The van der Waals surface area contributed by atoms with Crippen LogP contribution in [0, 0.1) is 0 Å². The number of anilines is 1. The predicted molar refractivity (Wildman–Crippen MR) is 77.9 cm³/mol. The second-order valence-electron chi connectivity index (χ2n) is 5.26. The number of aromatic nitrogens is 4. The highest BCUT2D eigenvalue weighted by Crippen LogP contribution is 2.32. The second-order valence-corrected chi connectivity index (χ2v) is 5.26. The Bertz CT molecular complexity index is 628. The third kappa shape index (κ3) is 2.69. The molecule has 1 aliphatic heterocycles. The highest BCUT2D eigenvalue weighted by Gasteiger charge is 2.25. The Morgan fingerprint density at radius 2 is 2.29 bits per heavy atom. The van der Waals surface area contributed by atoms with E-state index in [0.717, 1.165) is 30.8 Å². The Morgan fingerprint density at radius 1 is 1.43 bits per heavy atom. The molecule has 1 saturated heterocycles. The van der Waals surface area contributed by atoms with Crippen molar-refractivity contribution in [2.75, 3.05) is 19.5 Å². The minimum Gasteiger partial charge on any atom is -0.497 e. The van der Waals surface area contributed by atoms with Crippen molar-refractivity contribution < 1.29 is 9.47 Å². The van der Waals surface area contributed by atoms with E-state index >= 15 is 0 Å². The summed E-state index contributed by atoms with van der Waals surface area (Å²) in [5.74, 6) is 1.40. The molecule has 0 bridgehead atoms. The van der Waals surface area contributed by atoms with Crippen molar-refractivity contribution in [3.8, 4) is 17.1 Å². The largest absolute Gasteiger partial charge is 0.497 e. The fourth-order valence-corrected chi connectivity index (χ4v) is 2.67. The van der Waals surface area contributed by atoms with Crippen molar-refractivity contribution in [3.05, 3.63) is 18.2 Å². The van der Waals surface area contributed by atoms with E-state index in [0.29, 0.717) is 11.5 Å². The number of benzene rings is 1. The van der Waals surface area contributed by atoms with Crippen LogP contribution < -0.4 is 10.5 Å². The van der Waals surface area contributed by atoms with Gasteiger partial charge in [0.15, 0.2) is 5.82 Å². The van der Waals surface area contributed by atoms with Gasteiger partial charge in [0.2, 0.25) is 0 Å². The van der Waals surface area contributed by atoms with E-state index in [1.54, 1.807) is 13.2 Å². The first kappa shape index (κ1) is 13.8. The molecule has 2 atom stereocenters. The molecule has 0 saturated carbocycles. The van der Waals surface area contributed by atoms with Gasteiger partial charge in [0.05, 0.1) is 19.3 Å². The molecule has 0 radical (unpaired) electrons. The van der Waals surface area contributed by atoms with Crippen molar-refractivity contribution in [2.24, 2.45) is 0 Å². The normalized spacial score (nSPS) is 22.2. The number of nitrogen functional groups attached to an aromatic ring is 1. The van der Waals surface area contributed by atoms with Gasteiger partial charge < -0.3 is 15.2 Å². The van der Waals surface area contributed by atoms with Crippen molar-refractivity contribution in [1.29, 1.82) is 0 Å². The van der Waals surface area contributed by atoms with Crippen LogP contribution in [-0.2, 0) is 4.74 Å². The molecule has 1 aliphatic rings. The SMILES string of the molecule is COc1ccc(N)c(-c2nnnn2C2CCOC(C)C2)c1. The van der Waals surface area contributed by atoms with Crippen molar-refractivity contribution in [3.63, 3.8) is 0 Å². The lowest BCUT2D eigenvalue weighted by Gasteiger charge is -2.27. The first-order chi connectivity index (χ1) is 10.2. The fraction of sp³-hybridized carbons (Fsp3) is 0.500.